The number of carbonyl (C=O) groups is 1. The number of ether oxygens (including phenoxy) is 2. The lowest BCUT2D eigenvalue weighted by Crippen LogP contribution is -2.29. The minimum absolute atomic E-state index is 0.0816. The molecule has 0 spiro atoms. The first-order valence-corrected chi connectivity index (χ1v) is 13.4. The number of tetrazole rings is 1. The second kappa shape index (κ2) is 14.0. The van der Waals surface area contributed by atoms with Crippen LogP contribution in [0.5, 0.6) is 11.5 Å². The minimum atomic E-state index is -0.283. The number of hydrogen-bond acceptors (Lipinski definition) is 11. The molecule has 0 aliphatic heterocycles. The number of aromatic nitrogens is 6. The second-order valence-corrected chi connectivity index (χ2v) is 10.0. The van der Waals surface area contributed by atoms with Crippen molar-refractivity contribution in [3.8, 4) is 28.7 Å². The number of methoxy groups -OCH3 is 1. The Bertz CT molecular complexity index is 1520. The van der Waals surface area contributed by atoms with E-state index < -0.39 is 0 Å². The summed E-state index contributed by atoms with van der Waals surface area (Å²) in [4.78, 5) is 25.8. The molecular formula is C29H34N10O3. The van der Waals surface area contributed by atoms with Crippen LogP contribution in [0.15, 0.2) is 55.1 Å². The van der Waals surface area contributed by atoms with E-state index in [2.05, 4.69) is 41.8 Å². The van der Waals surface area contributed by atoms with E-state index in [9.17, 15) is 10.1 Å². The molecule has 0 fully saturated rings. The molecule has 4 rings (SSSR count). The van der Waals surface area contributed by atoms with Gasteiger partial charge in [0.1, 0.15) is 30.0 Å². The normalized spacial score (nSPS) is 11.5. The maximum absolute atomic E-state index is 13.0. The van der Waals surface area contributed by atoms with Crippen molar-refractivity contribution in [1.82, 2.24) is 40.0 Å². The molecule has 13 heteroatoms. The summed E-state index contributed by atoms with van der Waals surface area (Å²) >= 11 is 0. The second-order valence-electron chi connectivity index (χ2n) is 10.0. The lowest BCUT2D eigenvalue weighted by molar-refractivity contribution is 0.0790. The van der Waals surface area contributed by atoms with Crippen LogP contribution in [-0.4, -0.2) is 93.3 Å². The summed E-state index contributed by atoms with van der Waals surface area (Å²) in [5.74, 6) is 1.25. The van der Waals surface area contributed by atoms with Gasteiger partial charge in [0, 0.05) is 37.1 Å². The number of amides is 1. The molecule has 13 nitrogen and oxygen atoms in total. The van der Waals surface area contributed by atoms with Crippen LogP contribution in [0.1, 0.15) is 29.3 Å². The lowest BCUT2D eigenvalue weighted by Gasteiger charge is -2.19. The average Bonchev–Trinajstić information content (AvgIpc) is 3.49. The number of rotatable bonds is 13. The van der Waals surface area contributed by atoms with Crippen molar-refractivity contribution in [2.45, 2.75) is 26.0 Å². The van der Waals surface area contributed by atoms with Crippen molar-refractivity contribution in [2.75, 3.05) is 46.7 Å². The molecule has 218 valence electrons. The third-order valence-electron chi connectivity index (χ3n) is 6.39. The molecule has 0 aliphatic carbocycles. The van der Waals surface area contributed by atoms with E-state index in [-0.39, 0.29) is 12.0 Å². The van der Waals surface area contributed by atoms with Crippen molar-refractivity contribution >= 4 is 17.5 Å². The SMILES string of the molecule is COc1ccc(C(=O)N(C)CCCN(C)C)cc1Nc1ncc(-c2ccc(C#N)c(O[C@@H](C)Cn3cnnn3)c2)cn1. The summed E-state index contributed by atoms with van der Waals surface area (Å²) in [5.41, 5.74) is 3.03. The summed E-state index contributed by atoms with van der Waals surface area (Å²) in [6, 6.07) is 12.7. The Morgan fingerprint density at radius 2 is 1.86 bits per heavy atom. The van der Waals surface area contributed by atoms with E-state index in [0.717, 1.165) is 24.1 Å². The van der Waals surface area contributed by atoms with Crippen molar-refractivity contribution in [2.24, 2.45) is 0 Å². The molecule has 0 bridgehead atoms. The highest BCUT2D eigenvalue weighted by Gasteiger charge is 2.16. The highest BCUT2D eigenvalue weighted by atomic mass is 16.5. The Labute approximate surface area is 244 Å². The third kappa shape index (κ3) is 7.76. The van der Waals surface area contributed by atoms with Gasteiger partial charge >= 0.3 is 0 Å². The summed E-state index contributed by atoms with van der Waals surface area (Å²) in [7, 11) is 7.38. The number of carbonyl (C=O) groups excluding carboxylic acids is 1. The van der Waals surface area contributed by atoms with E-state index in [1.807, 2.05) is 27.1 Å². The lowest BCUT2D eigenvalue weighted by atomic mass is 10.1. The molecule has 1 atom stereocenters. The first-order valence-electron chi connectivity index (χ1n) is 13.4. The van der Waals surface area contributed by atoms with E-state index in [1.165, 1.54) is 6.33 Å². The predicted molar refractivity (Wildman–Crippen MR) is 156 cm³/mol. The van der Waals surface area contributed by atoms with Crippen LogP contribution in [0.25, 0.3) is 11.1 Å². The van der Waals surface area contributed by atoms with Crippen LogP contribution in [0.4, 0.5) is 11.6 Å². The number of nitriles is 1. The molecule has 42 heavy (non-hydrogen) atoms. The van der Waals surface area contributed by atoms with Gasteiger partial charge in [0.05, 0.1) is 24.9 Å². The van der Waals surface area contributed by atoms with Crippen molar-refractivity contribution in [3.05, 3.63) is 66.2 Å². The highest BCUT2D eigenvalue weighted by molar-refractivity contribution is 5.95. The van der Waals surface area contributed by atoms with Crippen LogP contribution in [-0.2, 0) is 6.54 Å². The van der Waals surface area contributed by atoms with Gasteiger partial charge in [0.25, 0.3) is 5.91 Å². The van der Waals surface area contributed by atoms with Crippen LogP contribution in [0.3, 0.4) is 0 Å². The monoisotopic (exact) mass is 570 g/mol. The molecule has 2 heterocycles. The zero-order valence-electron chi connectivity index (χ0n) is 24.4. The number of benzene rings is 2. The smallest absolute Gasteiger partial charge is 0.253 e. The fourth-order valence-electron chi connectivity index (χ4n) is 4.22. The van der Waals surface area contributed by atoms with E-state index in [1.54, 1.807) is 66.5 Å². The van der Waals surface area contributed by atoms with Gasteiger partial charge in [-0.1, -0.05) is 6.07 Å². The number of hydrogen-bond donors (Lipinski definition) is 1. The molecule has 0 saturated heterocycles. The van der Waals surface area contributed by atoms with E-state index >= 15 is 0 Å². The van der Waals surface area contributed by atoms with Crippen molar-refractivity contribution < 1.29 is 14.3 Å². The van der Waals surface area contributed by atoms with Gasteiger partial charge in [-0.15, -0.1) is 5.10 Å². The molecule has 0 saturated carbocycles. The molecule has 0 radical (unpaired) electrons. The average molecular weight is 571 g/mol. The number of anilines is 2. The van der Waals surface area contributed by atoms with Crippen LogP contribution >= 0.6 is 0 Å². The van der Waals surface area contributed by atoms with Gasteiger partial charge in [0.15, 0.2) is 0 Å². The maximum atomic E-state index is 13.0. The van der Waals surface area contributed by atoms with Gasteiger partial charge in [0.2, 0.25) is 5.95 Å². The largest absolute Gasteiger partial charge is 0.495 e. The zero-order valence-corrected chi connectivity index (χ0v) is 24.4. The molecule has 2 aromatic carbocycles. The molecule has 1 N–H and O–H groups in total. The molecular weight excluding hydrogens is 536 g/mol. The van der Waals surface area contributed by atoms with Crippen molar-refractivity contribution in [3.63, 3.8) is 0 Å². The van der Waals surface area contributed by atoms with Crippen LogP contribution in [0.2, 0.25) is 0 Å². The summed E-state index contributed by atoms with van der Waals surface area (Å²) < 4.78 is 13.1. The minimum Gasteiger partial charge on any atom is -0.495 e. The Morgan fingerprint density at radius 3 is 2.52 bits per heavy atom. The first-order chi connectivity index (χ1) is 20.3. The van der Waals surface area contributed by atoms with Gasteiger partial charge in [-0.05, 0) is 80.3 Å². The highest BCUT2D eigenvalue weighted by Crippen LogP contribution is 2.30. The third-order valence-corrected chi connectivity index (χ3v) is 6.39. The van der Waals surface area contributed by atoms with E-state index in [4.69, 9.17) is 9.47 Å². The summed E-state index contributed by atoms with van der Waals surface area (Å²) in [6.45, 7) is 3.85. The van der Waals surface area contributed by atoms with E-state index in [0.29, 0.717) is 47.4 Å². The molecule has 2 aromatic heterocycles. The van der Waals surface area contributed by atoms with Gasteiger partial charge < -0.3 is 24.6 Å². The standard InChI is InChI=1S/C29H34N10O3/c1-20(18-39-19-33-35-36-39)42-27-14-21(7-8-23(27)15-30)24-16-31-29(32-17-24)34-25-13-22(9-10-26(25)41-5)28(40)38(4)12-6-11-37(2)3/h7-10,13-14,16-17,19-20H,6,11-12,18H2,1-5H3,(H,31,32,34)/t20-/m0/s1. The molecule has 0 unspecified atom stereocenters. The maximum Gasteiger partial charge on any atom is 0.253 e. The van der Waals surface area contributed by atoms with Crippen LogP contribution < -0.4 is 14.8 Å². The van der Waals surface area contributed by atoms with Gasteiger partial charge in [-0.2, -0.15) is 5.26 Å². The zero-order chi connectivity index (χ0) is 30.1. The van der Waals surface area contributed by atoms with Gasteiger partial charge in [-0.3, -0.25) is 4.79 Å². The van der Waals surface area contributed by atoms with Crippen molar-refractivity contribution in [1.29, 1.82) is 5.26 Å². The number of nitrogens with one attached hydrogen (secondary N) is 1. The molecule has 0 aliphatic rings. The fraction of sp³-hybridized carbons (Fsp3) is 0.345. The summed E-state index contributed by atoms with van der Waals surface area (Å²) in [6.07, 6.45) is 5.44. The first kappa shape index (κ1) is 29.9. The Hall–Kier alpha value is -5.09. The quantitative estimate of drug-likeness (QED) is 0.253. The number of nitrogens with zero attached hydrogens (tertiary/aromatic N) is 9. The molecule has 4 aromatic rings. The molecule has 1 amide bonds. The van der Waals surface area contributed by atoms with Gasteiger partial charge in [-0.25, -0.2) is 14.6 Å². The van der Waals surface area contributed by atoms with Crippen LogP contribution in [0, 0.1) is 11.3 Å². The Kier molecular flexibility index (Phi) is 9.96. The summed E-state index contributed by atoms with van der Waals surface area (Å²) in [5, 5.41) is 23.8. The predicted octanol–water partition coefficient (Wildman–Crippen LogP) is 3.25. The Morgan fingerprint density at radius 1 is 1.07 bits per heavy atom. The Balaban J connectivity index is 1.47. The topological polar surface area (TPSA) is 147 Å². The fourth-order valence-corrected chi connectivity index (χ4v) is 4.22.